The normalized spacial score (nSPS) is 10.8. The second kappa shape index (κ2) is 8.20. The summed E-state index contributed by atoms with van der Waals surface area (Å²) in [5.41, 5.74) is 2.77. The second-order valence-corrected chi connectivity index (χ2v) is 6.17. The lowest BCUT2D eigenvalue weighted by molar-refractivity contribution is 0.0806. The van der Waals surface area contributed by atoms with Crippen molar-refractivity contribution in [3.63, 3.8) is 0 Å². The van der Waals surface area contributed by atoms with Crippen molar-refractivity contribution in [3.8, 4) is 11.5 Å². The lowest BCUT2D eigenvalue weighted by Crippen LogP contribution is -2.46. The standard InChI is InChI=1S/C17H19ClN2O2.ClH/c1-17(2,3)20(18)19-16(21)13-9-11-15(12-10-13)22-14-7-5-4-6-8-14;/h4-12H,1-3H3,(H,19,21);1H. The molecule has 23 heavy (non-hydrogen) atoms. The minimum Gasteiger partial charge on any atom is -0.457 e. The van der Waals surface area contributed by atoms with Crippen LogP contribution < -0.4 is 10.2 Å². The summed E-state index contributed by atoms with van der Waals surface area (Å²) < 4.78 is 6.95. The lowest BCUT2D eigenvalue weighted by Gasteiger charge is -2.28. The maximum atomic E-state index is 12.1. The molecule has 2 rings (SSSR count). The van der Waals surface area contributed by atoms with Crippen LogP contribution in [0.2, 0.25) is 0 Å². The molecule has 0 heterocycles. The maximum absolute atomic E-state index is 12.1. The van der Waals surface area contributed by atoms with Gasteiger partial charge >= 0.3 is 0 Å². The van der Waals surface area contributed by atoms with E-state index in [0.717, 1.165) is 5.75 Å². The van der Waals surface area contributed by atoms with Crippen LogP contribution in [0.5, 0.6) is 11.5 Å². The molecule has 0 saturated heterocycles. The third-order valence-corrected chi connectivity index (χ3v) is 3.48. The molecule has 0 saturated carbocycles. The molecule has 0 aliphatic rings. The summed E-state index contributed by atoms with van der Waals surface area (Å²) in [6.45, 7) is 5.70. The van der Waals surface area contributed by atoms with E-state index >= 15 is 0 Å². The smallest absolute Gasteiger partial charge is 0.266 e. The van der Waals surface area contributed by atoms with Crippen molar-refractivity contribution >= 4 is 30.1 Å². The largest absolute Gasteiger partial charge is 0.457 e. The van der Waals surface area contributed by atoms with Gasteiger partial charge in [0.05, 0.1) is 0 Å². The van der Waals surface area contributed by atoms with E-state index < -0.39 is 0 Å². The van der Waals surface area contributed by atoms with Crippen molar-refractivity contribution in [2.45, 2.75) is 26.3 Å². The van der Waals surface area contributed by atoms with Crippen LogP contribution >= 0.6 is 24.2 Å². The quantitative estimate of drug-likeness (QED) is 0.633. The summed E-state index contributed by atoms with van der Waals surface area (Å²) in [7, 11) is 0. The molecule has 0 fully saturated rings. The fraction of sp³-hybridized carbons (Fsp3) is 0.235. The van der Waals surface area contributed by atoms with E-state index in [0.29, 0.717) is 11.3 Å². The van der Waals surface area contributed by atoms with Gasteiger partial charge in [-0.3, -0.25) is 10.2 Å². The van der Waals surface area contributed by atoms with Gasteiger partial charge in [0.2, 0.25) is 0 Å². The highest BCUT2D eigenvalue weighted by atomic mass is 35.5. The van der Waals surface area contributed by atoms with Gasteiger partial charge < -0.3 is 4.74 Å². The van der Waals surface area contributed by atoms with Crippen LogP contribution in [0.4, 0.5) is 0 Å². The Morgan fingerprint density at radius 3 is 2.04 bits per heavy atom. The number of hydrazine groups is 1. The molecular formula is C17H20Cl2N2O2. The Bertz CT molecular complexity index is 625. The van der Waals surface area contributed by atoms with Crippen LogP contribution in [0, 0.1) is 0 Å². The number of hydrogen-bond acceptors (Lipinski definition) is 3. The maximum Gasteiger partial charge on any atom is 0.266 e. The zero-order valence-electron chi connectivity index (χ0n) is 13.2. The molecule has 0 bridgehead atoms. The Hall–Kier alpha value is -1.75. The fourth-order valence-corrected chi connectivity index (χ4v) is 1.70. The Morgan fingerprint density at radius 2 is 1.52 bits per heavy atom. The molecule has 124 valence electrons. The van der Waals surface area contributed by atoms with E-state index in [-0.39, 0.29) is 23.9 Å². The zero-order chi connectivity index (χ0) is 16.2. The zero-order valence-corrected chi connectivity index (χ0v) is 14.8. The van der Waals surface area contributed by atoms with Crippen molar-refractivity contribution < 1.29 is 9.53 Å². The van der Waals surface area contributed by atoms with Gasteiger partial charge in [0.25, 0.3) is 5.91 Å². The van der Waals surface area contributed by atoms with Crippen molar-refractivity contribution in [1.29, 1.82) is 0 Å². The summed E-state index contributed by atoms with van der Waals surface area (Å²) in [4.78, 5) is 12.1. The Balaban J connectivity index is 0.00000264. The summed E-state index contributed by atoms with van der Waals surface area (Å²) >= 11 is 6.02. The van der Waals surface area contributed by atoms with Gasteiger partial charge in [-0.15, -0.1) is 16.9 Å². The number of para-hydroxylation sites is 1. The van der Waals surface area contributed by atoms with Gasteiger partial charge in [-0.25, -0.2) is 0 Å². The van der Waals surface area contributed by atoms with Gasteiger partial charge in [0.1, 0.15) is 11.5 Å². The highest BCUT2D eigenvalue weighted by Crippen LogP contribution is 2.21. The number of hydrogen-bond donors (Lipinski definition) is 1. The predicted molar refractivity (Wildman–Crippen MR) is 95.1 cm³/mol. The molecule has 0 aliphatic carbocycles. The number of nitrogens with zero attached hydrogens (tertiary/aromatic N) is 1. The first-order chi connectivity index (χ1) is 10.4. The monoisotopic (exact) mass is 354 g/mol. The van der Waals surface area contributed by atoms with Crippen LogP contribution in [0.15, 0.2) is 54.6 Å². The molecule has 0 unspecified atom stereocenters. The number of halogens is 2. The van der Waals surface area contributed by atoms with Crippen molar-refractivity contribution in [2.75, 3.05) is 0 Å². The van der Waals surface area contributed by atoms with E-state index in [1.165, 1.54) is 4.53 Å². The van der Waals surface area contributed by atoms with Gasteiger partial charge in [0, 0.05) is 22.9 Å². The topological polar surface area (TPSA) is 41.6 Å². The van der Waals surface area contributed by atoms with Gasteiger partial charge in [0.15, 0.2) is 0 Å². The van der Waals surface area contributed by atoms with Gasteiger partial charge in [-0.1, -0.05) is 18.2 Å². The van der Waals surface area contributed by atoms with E-state index in [1.54, 1.807) is 24.3 Å². The van der Waals surface area contributed by atoms with Crippen LogP contribution in [0.25, 0.3) is 0 Å². The molecule has 0 spiro atoms. The summed E-state index contributed by atoms with van der Waals surface area (Å²) in [6.07, 6.45) is 0. The number of benzene rings is 2. The number of carbonyl (C=O) groups excluding carboxylic acids is 1. The van der Waals surface area contributed by atoms with Gasteiger partial charge in [-0.05, 0) is 57.2 Å². The van der Waals surface area contributed by atoms with Gasteiger partial charge in [-0.2, -0.15) is 0 Å². The third kappa shape index (κ3) is 5.75. The number of rotatable bonds is 4. The number of nitrogens with one attached hydrogen (secondary N) is 1. The first-order valence-electron chi connectivity index (χ1n) is 6.96. The van der Waals surface area contributed by atoms with E-state index in [4.69, 9.17) is 16.5 Å². The molecule has 0 atom stereocenters. The van der Waals surface area contributed by atoms with Crippen LogP contribution in [-0.2, 0) is 0 Å². The molecule has 1 N–H and O–H groups in total. The van der Waals surface area contributed by atoms with E-state index in [2.05, 4.69) is 5.43 Å². The minimum absolute atomic E-state index is 0. The minimum atomic E-state index is -0.367. The van der Waals surface area contributed by atoms with Crippen molar-refractivity contribution in [1.82, 2.24) is 9.95 Å². The molecular weight excluding hydrogens is 335 g/mol. The average molecular weight is 355 g/mol. The molecule has 0 radical (unpaired) electrons. The van der Waals surface area contributed by atoms with Crippen LogP contribution in [-0.4, -0.2) is 16.0 Å². The molecule has 0 aliphatic heterocycles. The molecule has 0 aromatic heterocycles. The summed E-state index contributed by atoms with van der Waals surface area (Å²) in [5, 5.41) is 0. The fourth-order valence-electron chi connectivity index (χ4n) is 1.62. The Kier molecular flexibility index (Phi) is 6.88. The molecule has 2 aromatic rings. The average Bonchev–Trinajstić information content (AvgIpc) is 2.48. The number of amides is 1. The number of carbonyl (C=O) groups is 1. The highest BCUT2D eigenvalue weighted by molar-refractivity contribution is 6.14. The first kappa shape index (κ1) is 19.3. The molecule has 4 nitrogen and oxygen atoms in total. The molecule has 6 heteroatoms. The van der Waals surface area contributed by atoms with Crippen LogP contribution in [0.3, 0.4) is 0 Å². The van der Waals surface area contributed by atoms with Crippen LogP contribution in [0.1, 0.15) is 31.1 Å². The van der Waals surface area contributed by atoms with E-state index in [1.807, 2.05) is 51.1 Å². The molecule has 2 aromatic carbocycles. The number of ether oxygens (including phenoxy) is 1. The molecule has 1 amide bonds. The van der Waals surface area contributed by atoms with Crippen molar-refractivity contribution in [3.05, 3.63) is 60.2 Å². The summed E-state index contributed by atoms with van der Waals surface area (Å²) in [6, 6.07) is 16.4. The first-order valence-corrected chi connectivity index (χ1v) is 7.30. The Morgan fingerprint density at radius 1 is 1.00 bits per heavy atom. The van der Waals surface area contributed by atoms with Crippen molar-refractivity contribution in [2.24, 2.45) is 0 Å². The Labute approximate surface area is 147 Å². The second-order valence-electron chi connectivity index (χ2n) is 5.83. The lowest BCUT2D eigenvalue weighted by atomic mass is 10.1. The predicted octanol–water partition coefficient (Wildman–Crippen LogP) is 4.80. The third-order valence-electron chi connectivity index (χ3n) is 2.88. The SMILES string of the molecule is CC(C)(C)N(Cl)NC(=O)c1ccc(Oc2ccccc2)cc1.Cl. The van der Waals surface area contributed by atoms with E-state index in [9.17, 15) is 4.79 Å². The summed E-state index contributed by atoms with van der Waals surface area (Å²) in [5.74, 6) is 1.15. The highest BCUT2D eigenvalue weighted by Gasteiger charge is 2.21.